The minimum absolute atomic E-state index is 0.219. The van der Waals surface area contributed by atoms with Gasteiger partial charge in [-0.25, -0.2) is 0 Å². The number of anilines is 3. The Morgan fingerprint density at radius 2 is 1.19 bits per heavy atom. The molecule has 0 saturated carbocycles. The lowest BCUT2D eigenvalue weighted by Crippen LogP contribution is -2.10. The fourth-order valence-electron chi connectivity index (χ4n) is 3.39. The van der Waals surface area contributed by atoms with Crippen LogP contribution in [-0.2, 0) is 10.9 Å². The Hall–Kier alpha value is -2.59. The van der Waals surface area contributed by atoms with E-state index in [1.165, 1.54) is 29.2 Å². The molecule has 0 bridgehead atoms. The molecule has 1 fully saturated rings. The molecule has 1 aliphatic rings. The van der Waals surface area contributed by atoms with Gasteiger partial charge < -0.3 is 15.1 Å². The first-order valence-corrected chi connectivity index (χ1v) is 10.4. The maximum atomic E-state index is 9.92. The number of aromatic hydroxyl groups is 2. The Balaban J connectivity index is 1.75. The maximum absolute atomic E-state index is 9.92. The normalized spacial score (nSPS) is 14.5. The van der Waals surface area contributed by atoms with E-state index in [1.807, 2.05) is 29.2 Å². The van der Waals surface area contributed by atoms with Crippen LogP contribution in [0.1, 0.15) is 12.8 Å². The topological polar surface area (TPSA) is 43.7 Å². The minimum atomic E-state index is 0.219. The summed E-state index contributed by atoms with van der Waals surface area (Å²) in [6, 6.07) is 23.1. The molecule has 2 N–H and O–H groups in total. The smallest absolute Gasteiger partial charge is 0.155 e. The van der Waals surface area contributed by atoms with Crippen LogP contribution in [-0.4, -0.2) is 21.7 Å². The summed E-state index contributed by atoms with van der Waals surface area (Å²) >= 11 is 0. The van der Waals surface area contributed by atoms with Crippen LogP contribution in [0.5, 0.6) is 11.5 Å². The summed E-state index contributed by atoms with van der Waals surface area (Å²) in [5.74, 6) is 3.05. The van der Waals surface area contributed by atoms with Gasteiger partial charge >= 0.3 is 0 Å². The Morgan fingerprint density at radius 1 is 0.654 bits per heavy atom. The van der Waals surface area contributed by atoms with Crippen LogP contribution in [0.25, 0.3) is 0 Å². The van der Waals surface area contributed by atoms with Gasteiger partial charge in [0.05, 0.1) is 0 Å². The highest BCUT2D eigenvalue weighted by molar-refractivity contribution is 7.97. The number of hydrogen-bond donors (Lipinski definition) is 2. The second kappa shape index (κ2) is 7.34. The first-order chi connectivity index (χ1) is 12.7. The molecule has 4 rings (SSSR count). The molecule has 0 amide bonds. The predicted molar refractivity (Wildman–Crippen MR) is 109 cm³/mol. The predicted octanol–water partition coefficient (Wildman–Crippen LogP) is 5.34. The fraction of sp³-hybridized carbons (Fsp3) is 0.182. The third-order valence-corrected chi connectivity index (χ3v) is 7.14. The van der Waals surface area contributed by atoms with E-state index in [1.54, 1.807) is 24.3 Å². The quantitative estimate of drug-likeness (QED) is 0.614. The van der Waals surface area contributed by atoms with Gasteiger partial charge in [-0.1, -0.05) is 12.1 Å². The Kier molecular flexibility index (Phi) is 4.76. The van der Waals surface area contributed by atoms with Gasteiger partial charge in [-0.2, -0.15) is 0 Å². The molecule has 1 aliphatic heterocycles. The lowest BCUT2D eigenvalue weighted by Gasteiger charge is -2.25. The molecule has 0 radical (unpaired) electrons. The zero-order chi connectivity index (χ0) is 17.9. The number of rotatable bonds is 4. The standard InChI is InChI=1S/C22H21NO2S/c24-20-7-3-5-18(15-20)23(19-6-4-8-21(25)16-19)17-9-11-22(12-10-17)26-13-1-2-14-26/h3-12,15-16H,1-2,13-14H2,(H-,24,25)/p+1. The van der Waals surface area contributed by atoms with Crippen molar-refractivity contribution in [1.82, 2.24) is 0 Å². The van der Waals surface area contributed by atoms with Crippen molar-refractivity contribution in [2.75, 3.05) is 16.4 Å². The van der Waals surface area contributed by atoms with E-state index in [-0.39, 0.29) is 11.5 Å². The third-order valence-electron chi connectivity index (χ3n) is 4.64. The van der Waals surface area contributed by atoms with Crippen LogP contribution in [0.3, 0.4) is 0 Å². The lowest BCUT2D eigenvalue weighted by molar-refractivity contribution is 0.475. The number of phenols is 2. The van der Waals surface area contributed by atoms with Crippen LogP contribution in [0.4, 0.5) is 17.1 Å². The fourth-order valence-corrected chi connectivity index (χ4v) is 5.69. The Labute approximate surface area is 156 Å². The highest BCUT2D eigenvalue weighted by atomic mass is 32.2. The van der Waals surface area contributed by atoms with Gasteiger partial charge in [0.2, 0.25) is 0 Å². The Morgan fingerprint density at radius 3 is 1.69 bits per heavy atom. The molecule has 3 nitrogen and oxygen atoms in total. The van der Waals surface area contributed by atoms with Crippen LogP contribution in [0.2, 0.25) is 0 Å². The van der Waals surface area contributed by atoms with Crippen molar-refractivity contribution in [1.29, 1.82) is 0 Å². The zero-order valence-electron chi connectivity index (χ0n) is 14.5. The van der Waals surface area contributed by atoms with E-state index in [2.05, 4.69) is 24.3 Å². The van der Waals surface area contributed by atoms with Crippen molar-refractivity contribution < 1.29 is 10.2 Å². The van der Waals surface area contributed by atoms with E-state index >= 15 is 0 Å². The van der Waals surface area contributed by atoms with Gasteiger partial charge in [0.1, 0.15) is 23.0 Å². The molecule has 3 aromatic carbocycles. The molecule has 26 heavy (non-hydrogen) atoms. The monoisotopic (exact) mass is 364 g/mol. The molecule has 1 saturated heterocycles. The third kappa shape index (κ3) is 3.51. The SMILES string of the molecule is Oc1cccc(N(c2ccc([S+]3CCCC3)cc2)c2cccc(O)c2)c1. The van der Waals surface area contributed by atoms with Crippen LogP contribution < -0.4 is 4.90 Å². The largest absolute Gasteiger partial charge is 0.508 e. The van der Waals surface area contributed by atoms with E-state index in [9.17, 15) is 10.2 Å². The van der Waals surface area contributed by atoms with E-state index in [4.69, 9.17) is 0 Å². The van der Waals surface area contributed by atoms with Crippen molar-refractivity contribution in [2.45, 2.75) is 17.7 Å². The van der Waals surface area contributed by atoms with E-state index < -0.39 is 0 Å². The molecule has 0 unspecified atom stereocenters. The first kappa shape index (κ1) is 16.9. The number of nitrogens with zero attached hydrogens (tertiary/aromatic N) is 1. The molecule has 4 heteroatoms. The van der Waals surface area contributed by atoms with Crippen molar-refractivity contribution in [3.05, 3.63) is 72.8 Å². The second-order valence-corrected chi connectivity index (χ2v) is 8.75. The van der Waals surface area contributed by atoms with Gasteiger partial charge in [0.25, 0.3) is 0 Å². The van der Waals surface area contributed by atoms with Crippen LogP contribution in [0.15, 0.2) is 77.7 Å². The summed E-state index contributed by atoms with van der Waals surface area (Å²) in [6.07, 6.45) is 2.67. The lowest BCUT2D eigenvalue weighted by atomic mass is 10.2. The van der Waals surface area contributed by atoms with Gasteiger partial charge in [-0.05, 0) is 61.4 Å². The van der Waals surface area contributed by atoms with Crippen LogP contribution >= 0.6 is 0 Å². The van der Waals surface area contributed by atoms with Crippen molar-refractivity contribution in [2.24, 2.45) is 0 Å². The van der Waals surface area contributed by atoms with Gasteiger partial charge in [0.15, 0.2) is 4.90 Å². The molecular formula is C22H22NO2S+. The summed E-state index contributed by atoms with van der Waals surface area (Å²) in [4.78, 5) is 3.47. The summed E-state index contributed by atoms with van der Waals surface area (Å²) < 4.78 is 0. The second-order valence-electron chi connectivity index (χ2n) is 6.48. The summed E-state index contributed by atoms with van der Waals surface area (Å²) in [5.41, 5.74) is 2.71. The number of hydrogen-bond acceptors (Lipinski definition) is 3. The summed E-state index contributed by atoms with van der Waals surface area (Å²) in [5, 5.41) is 19.8. The van der Waals surface area contributed by atoms with Crippen molar-refractivity contribution in [3.8, 4) is 11.5 Å². The van der Waals surface area contributed by atoms with Crippen molar-refractivity contribution >= 4 is 28.0 Å². The van der Waals surface area contributed by atoms with Crippen molar-refractivity contribution in [3.63, 3.8) is 0 Å². The first-order valence-electron chi connectivity index (χ1n) is 8.86. The number of phenolic OH excluding ortho intramolecular Hbond substituents is 2. The maximum Gasteiger partial charge on any atom is 0.155 e. The highest BCUT2D eigenvalue weighted by Crippen LogP contribution is 2.37. The van der Waals surface area contributed by atoms with Gasteiger partial charge in [-0.3, -0.25) is 0 Å². The average Bonchev–Trinajstić information content (AvgIpc) is 3.17. The average molecular weight is 364 g/mol. The summed E-state index contributed by atoms with van der Waals surface area (Å²) in [7, 11) is 0.393. The molecule has 0 aromatic heterocycles. The highest BCUT2D eigenvalue weighted by Gasteiger charge is 2.26. The number of benzene rings is 3. The van der Waals surface area contributed by atoms with Crippen LogP contribution in [0, 0.1) is 0 Å². The molecule has 0 atom stereocenters. The molecule has 0 spiro atoms. The van der Waals surface area contributed by atoms with Gasteiger partial charge in [-0.15, -0.1) is 0 Å². The molecule has 3 aromatic rings. The zero-order valence-corrected chi connectivity index (χ0v) is 15.3. The summed E-state index contributed by atoms with van der Waals surface area (Å²) in [6.45, 7) is 0. The Bertz CT molecular complexity index is 843. The molecule has 1 heterocycles. The molecular weight excluding hydrogens is 342 g/mol. The van der Waals surface area contributed by atoms with Gasteiger partial charge in [0, 0.05) is 40.1 Å². The van der Waals surface area contributed by atoms with E-state index in [0.29, 0.717) is 10.9 Å². The van der Waals surface area contributed by atoms with E-state index in [0.717, 1.165) is 17.1 Å². The molecule has 0 aliphatic carbocycles. The minimum Gasteiger partial charge on any atom is -0.508 e. The molecule has 132 valence electrons.